The molecule has 0 fully saturated rings. The van der Waals surface area contributed by atoms with Crippen molar-refractivity contribution >= 4 is 12.1 Å². The maximum Gasteiger partial charge on any atom is 0.506 e. The van der Waals surface area contributed by atoms with Crippen LogP contribution in [-0.4, -0.2) is 40.2 Å². The van der Waals surface area contributed by atoms with Crippen molar-refractivity contribution < 1.29 is 29.6 Å². The van der Waals surface area contributed by atoms with Gasteiger partial charge in [0, 0.05) is 0 Å². The second-order valence-electron chi connectivity index (χ2n) is 1.39. The van der Waals surface area contributed by atoms with Gasteiger partial charge in [0.05, 0.1) is 6.61 Å². The van der Waals surface area contributed by atoms with Crippen LogP contribution in [0.4, 0.5) is 4.79 Å². The molecule has 0 rings (SSSR count). The Morgan fingerprint density at radius 1 is 1.40 bits per heavy atom. The van der Waals surface area contributed by atoms with Gasteiger partial charge < -0.3 is 20.1 Å². The number of aliphatic carboxylic acids is 1. The molecule has 0 saturated carbocycles. The van der Waals surface area contributed by atoms with Crippen molar-refractivity contribution in [2.24, 2.45) is 0 Å². The number of hydrogen-bond donors (Lipinski definition) is 3. The minimum Gasteiger partial charge on any atom is -0.478 e. The summed E-state index contributed by atoms with van der Waals surface area (Å²) in [7, 11) is 0. The van der Waals surface area contributed by atoms with Crippen LogP contribution >= 0.6 is 0 Å². The zero-order valence-electron chi connectivity index (χ0n) is 4.85. The molecule has 1 atom stereocenters. The molecule has 6 heteroatoms. The maximum atomic E-state index is 9.92. The Kier molecular flexibility index (Phi) is 3.20. The Morgan fingerprint density at radius 3 is 2.00 bits per heavy atom. The largest absolute Gasteiger partial charge is 0.506 e. The van der Waals surface area contributed by atoms with Gasteiger partial charge in [0.2, 0.25) is 6.10 Å². The summed E-state index contributed by atoms with van der Waals surface area (Å²) in [5, 5.41) is 24.1. The Labute approximate surface area is 55.7 Å². The van der Waals surface area contributed by atoms with Crippen LogP contribution in [0.5, 0.6) is 0 Å². The number of carboxylic acid groups (broad SMARTS) is 2. The molecule has 58 valence electrons. The van der Waals surface area contributed by atoms with Gasteiger partial charge in [-0.25, -0.2) is 9.59 Å². The van der Waals surface area contributed by atoms with Crippen molar-refractivity contribution in [2.45, 2.75) is 6.10 Å². The molecule has 0 spiro atoms. The van der Waals surface area contributed by atoms with Gasteiger partial charge in [0.15, 0.2) is 0 Å². The van der Waals surface area contributed by atoms with Crippen LogP contribution in [0.25, 0.3) is 0 Å². The van der Waals surface area contributed by atoms with Gasteiger partial charge in [0.1, 0.15) is 0 Å². The smallest absolute Gasteiger partial charge is 0.478 e. The maximum absolute atomic E-state index is 9.92. The summed E-state index contributed by atoms with van der Waals surface area (Å²) < 4.78 is 3.73. The quantitative estimate of drug-likeness (QED) is 0.451. The lowest BCUT2D eigenvalue weighted by Gasteiger charge is -2.05. The first-order valence-electron chi connectivity index (χ1n) is 2.31. The summed E-state index contributed by atoms with van der Waals surface area (Å²) in [5.41, 5.74) is 0. The normalized spacial score (nSPS) is 12.1. The van der Waals surface area contributed by atoms with Crippen molar-refractivity contribution in [2.75, 3.05) is 6.61 Å². The number of rotatable bonds is 3. The first-order valence-corrected chi connectivity index (χ1v) is 2.31. The monoisotopic (exact) mass is 150 g/mol. The zero-order valence-corrected chi connectivity index (χ0v) is 4.85. The Morgan fingerprint density at radius 2 is 1.90 bits per heavy atom. The SMILES string of the molecule is O=C(O)OC(CO)C(=O)O. The Bertz CT molecular complexity index is 141. The van der Waals surface area contributed by atoms with E-state index in [1.807, 2.05) is 0 Å². The van der Waals surface area contributed by atoms with Crippen LogP contribution in [0.2, 0.25) is 0 Å². The molecule has 3 N–H and O–H groups in total. The molecule has 6 nitrogen and oxygen atoms in total. The van der Waals surface area contributed by atoms with E-state index in [-0.39, 0.29) is 0 Å². The van der Waals surface area contributed by atoms with Crippen molar-refractivity contribution in [3.63, 3.8) is 0 Å². The van der Waals surface area contributed by atoms with Crippen molar-refractivity contribution in [1.82, 2.24) is 0 Å². The van der Waals surface area contributed by atoms with E-state index < -0.39 is 24.8 Å². The molecule has 0 aromatic carbocycles. The van der Waals surface area contributed by atoms with E-state index in [0.29, 0.717) is 0 Å². The molecule has 0 aromatic rings. The van der Waals surface area contributed by atoms with Gasteiger partial charge in [-0.05, 0) is 0 Å². The van der Waals surface area contributed by atoms with Crippen LogP contribution < -0.4 is 0 Å². The van der Waals surface area contributed by atoms with Crippen molar-refractivity contribution in [1.29, 1.82) is 0 Å². The molecule has 0 aliphatic rings. The van der Waals surface area contributed by atoms with E-state index in [9.17, 15) is 9.59 Å². The molecule has 0 bridgehead atoms. The standard InChI is InChI=1S/C4H6O6/c5-1-2(3(6)7)10-4(8)9/h2,5H,1H2,(H,6,7)(H,8,9). The highest BCUT2D eigenvalue weighted by molar-refractivity contribution is 5.75. The van der Waals surface area contributed by atoms with Gasteiger partial charge in [-0.3, -0.25) is 0 Å². The van der Waals surface area contributed by atoms with Crippen molar-refractivity contribution in [3.8, 4) is 0 Å². The average molecular weight is 150 g/mol. The van der Waals surface area contributed by atoms with Gasteiger partial charge in [0.25, 0.3) is 0 Å². The average Bonchev–Trinajstić information content (AvgIpc) is 1.81. The lowest BCUT2D eigenvalue weighted by molar-refractivity contribution is -0.149. The minimum absolute atomic E-state index is 0.859. The summed E-state index contributed by atoms with van der Waals surface area (Å²) in [5.74, 6) is -1.51. The predicted octanol–water partition coefficient (Wildman–Crippen LogP) is -0.874. The Hall–Kier alpha value is -1.30. The fourth-order valence-corrected chi connectivity index (χ4v) is 0.287. The molecule has 0 amide bonds. The molecule has 0 saturated heterocycles. The van der Waals surface area contributed by atoms with Crippen LogP contribution in [0.3, 0.4) is 0 Å². The lowest BCUT2D eigenvalue weighted by Crippen LogP contribution is -2.29. The third-order valence-corrected chi connectivity index (χ3v) is 0.684. The summed E-state index contributed by atoms with van der Waals surface area (Å²) in [6, 6.07) is 0. The van der Waals surface area contributed by atoms with E-state index in [1.54, 1.807) is 0 Å². The summed E-state index contributed by atoms with van der Waals surface area (Å²) in [4.78, 5) is 19.6. The fraction of sp³-hybridized carbons (Fsp3) is 0.500. The molecule has 0 aliphatic carbocycles. The van der Waals surface area contributed by atoms with Crippen LogP contribution in [0.15, 0.2) is 0 Å². The third-order valence-electron chi connectivity index (χ3n) is 0.684. The van der Waals surface area contributed by atoms with Crippen LogP contribution in [0, 0.1) is 0 Å². The predicted molar refractivity (Wildman–Crippen MR) is 27.6 cm³/mol. The highest BCUT2D eigenvalue weighted by Crippen LogP contribution is 1.90. The van der Waals surface area contributed by atoms with Gasteiger partial charge >= 0.3 is 12.1 Å². The molecule has 1 unspecified atom stereocenters. The second kappa shape index (κ2) is 3.67. The fourth-order valence-electron chi connectivity index (χ4n) is 0.287. The summed E-state index contributed by atoms with van der Waals surface area (Å²) >= 11 is 0. The zero-order chi connectivity index (χ0) is 8.15. The molecule has 10 heavy (non-hydrogen) atoms. The van der Waals surface area contributed by atoms with E-state index >= 15 is 0 Å². The van der Waals surface area contributed by atoms with E-state index in [1.165, 1.54) is 0 Å². The summed E-state index contributed by atoms with van der Waals surface area (Å²) in [6.07, 6.45) is -3.40. The van der Waals surface area contributed by atoms with Crippen molar-refractivity contribution in [3.05, 3.63) is 0 Å². The number of aliphatic hydroxyl groups excluding tert-OH is 1. The molecular formula is C4H6O6. The van der Waals surface area contributed by atoms with E-state index in [0.717, 1.165) is 0 Å². The van der Waals surface area contributed by atoms with Gasteiger partial charge in [-0.1, -0.05) is 0 Å². The first kappa shape index (κ1) is 8.70. The highest BCUT2D eigenvalue weighted by atomic mass is 16.7. The topological polar surface area (TPSA) is 104 Å². The van der Waals surface area contributed by atoms with E-state index in [4.69, 9.17) is 15.3 Å². The molecular weight excluding hydrogens is 144 g/mol. The molecule has 0 radical (unpaired) electrons. The van der Waals surface area contributed by atoms with Gasteiger partial charge in [-0.2, -0.15) is 0 Å². The van der Waals surface area contributed by atoms with E-state index in [2.05, 4.69) is 4.74 Å². The van der Waals surface area contributed by atoms with Crippen LogP contribution in [0.1, 0.15) is 0 Å². The van der Waals surface area contributed by atoms with Crippen LogP contribution in [-0.2, 0) is 9.53 Å². The summed E-state index contributed by atoms with van der Waals surface area (Å²) in [6.45, 7) is -0.859. The highest BCUT2D eigenvalue weighted by Gasteiger charge is 2.19. The third kappa shape index (κ3) is 2.88. The number of carbonyl (C=O) groups is 2. The molecule has 0 aromatic heterocycles. The lowest BCUT2D eigenvalue weighted by atomic mass is 10.4. The number of aliphatic hydroxyl groups is 1. The first-order chi connectivity index (χ1) is 4.57. The Balaban J connectivity index is 3.83. The minimum atomic E-state index is -1.72. The molecule has 0 heterocycles. The second-order valence-corrected chi connectivity index (χ2v) is 1.39. The number of carboxylic acids is 1. The number of hydrogen-bond acceptors (Lipinski definition) is 4. The van der Waals surface area contributed by atoms with Gasteiger partial charge in [-0.15, -0.1) is 0 Å². The number of ether oxygens (including phenoxy) is 1. The molecule has 0 aliphatic heterocycles.